The molecular weight excluding hydrogens is 379 g/mol. The van der Waals surface area contributed by atoms with Gasteiger partial charge in [0.2, 0.25) is 0 Å². The topological polar surface area (TPSA) is 3.24 Å². The maximum Gasteiger partial charge on any atom is 0.416 e. The van der Waals surface area contributed by atoms with Gasteiger partial charge in [0.05, 0.1) is 11.6 Å². The van der Waals surface area contributed by atoms with E-state index in [4.69, 9.17) is 0 Å². The maximum absolute atomic E-state index is 13.1. The Labute approximate surface area is 148 Å². The number of alkyl halides is 3. The van der Waals surface area contributed by atoms with E-state index in [9.17, 15) is 13.2 Å². The minimum Gasteiger partial charge on any atom is -0.367 e. The number of hydrogen-bond donors (Lipinski definition) is 0. The van der Waals surface area contributed by atoms with Crippen LogP contribution in [0.25, 0.3) is 0 Å². The number of halogens is 4. The Morgan fingerprint density at radius 3 is 2.46 bits per heavy atom. The number of rotatable bonds is 1. The third-order valence-electron chi connectivity index (χ3n) is 4.84. The van der Waals surface area contributed by atoms with E-state index in [0.29, 0.717) is 0 Å². The number of fused-ring (bicyclic) bond motifs is 1. The quantitative estimate of drug-likeness (QED) is 0.543. The van der Waals surface area contributed by atoms with Crippen LogP contribution in [0, 0.1) is 0 Å². The van der Waals surface area contributed by atoms with E-state index in [1.165, 1.54) is 12.1 Å². The molecule has 5 heteroatoms. The Hall–Kier alpha value is -1.49. The number of hydrogen-bond acceptors (Lipinski definition) is 1. The van der Waals surface area contributed by atoms with Gasteiger partial charge in [0.15, 0.2) is 0 Å². The smallest absolute Gasteiger partial charge is 0.367 e. The normalized spacial score (nSPS) is 20.0. The first-order chi connectivity index (χ1) is 11.1. The van der Waals surface area contributed by atoms with Gasteiger partial charge in [0, 0.05) is 17.2 Å². The summed E-state index contributed by atoms with van der Waals surface area (Å²) in [5.41, 5.74) is 1.86. The van der Waals surface area contributed by atoms with Gasteiger partial charge in [0.25, 0.3) is 0 Å². The van der Waals surface area contributed by atoms with E-state index in [-0.39, 0.29) is 11.5 Å². The molecule has 0 spiro atoms. The number of nitrogens with zero attached hydrogens (tertiary/aromatic N) is 1. The molecule has 0 amide bonds. The van der Waals surface area contributed by atoms with E-state index in [2.05, 4.69) is 33.0 Å². The van der Waals surface area contributed by atoms with Crippen LogP contribution in [0.4, 0.5) is 18.9 Å². The van der Waals surface area contributed by atoms with Gasteiger partial charge < -0.3 is 4.90 Å². The first-order valence-electron chi connectivity index (χ1n) is 7.79. The second-order valence-electron chi connectivity index (χ2n) is 7.00. The van der Waals surface area contributed by atoms with Crippen molar-refractivity contribution in [3.05, 3.63) is 63.6 Å². The Kier molecular flexibility index (Phi) is 4.19. The molecule has 1 atom stereocenters. The fraction of sp³-hybridized carbons (Fsp3) is 0.368. The Morgan fingerprint density at radius 2 is 1.83 bits per heavy atom. The van der Waals surface area contributed by atoms with E-state index >= 15 is 0 Å². The summed E-state index contributed by atoms with van der Waals surface area (Å²) in [5, 5.41) is 0. The molecule has 3 rings (SSSR count). The number of benzene rings is 2. The van der Waals surface area contributed by atoms with Gasteiger partial charge >= 0.3 is 6.18 Å². The lowest BCUT2D eigenvalue weighted by molar-refractivity contribution is -0.137. The monoisotopic (exact) mass is 397 g/mol. The Morgan fingerprint density at radius 1 is 1.12 bits per heavy atom. The molecule has 1 aliphatic heterocycles. The Balaban J connectivity index is 2.09. The lowest BCUT2D eigenvalue weighted by atomic mass is 9.73. The van der Waals surface area contributed by atoms with Crippen LogP contribution in [0.5, 0.6) is 0 Å². The van der Waals surface area contributed by atoms with Crippen LogP contribution in [0.2, 0.25) is 0 Å². The highest BCUT2D eigenvalue weighted by atomic mass is 79.9. The highest BCUT2D eigenvalue weighted by Gasteiger charge is 2.39. The van der Waals surface area contributed by atoms with E-state index in [1.54, 1.807) is 6.07 Å². The predicted octanol–water partition coefficient (Wildman–Crippen LogP) is 6.33. The summed E-state index contributed by atoms with van der Waals surface area (Å²) in [6, 6.07) is 12.3. The fourth-order valence-corrected chi connectivity index (χ4v) is 3.93. The van der Waals surface area contributed by atoms with Gasteiger partial charge in [-0.3, -0.25) is 0 Å². The van der Waals surface area contributed by atoms with Gasteiger partial charge in [0.1, 0.15) is 0 Å². The van der Waals surface area contributed by atoms with Crippen molar-refractivity contribution < 1.29 is 13.2 Å². The third-order valence-corrected chi connectivity index (χ3v) is 5.33. The van der Waals surface area contributed by atoms with Crippen molar-refractivity contribution in [1.29, 1.82) is 0 Å². The van der Waals surface area contributed by atoms with Crippen molar-refractivity contribution in [3.8, 4) is 0 Å². The lowest BCUT2D eigenvalue weighted by Crippen LogP contribution is -2.38. The lowest BCUT2D eigenvalue weighted by Gasteiger charge is -2.45. The summed E-state index contributed by atoms with van der Waals surface area (Å²) in [4.78, 5) is 2.09. The van der Waals surface area contributed by atoms with Crippen molar-refractivity contribution in [1.82, 2.24) is 0 Å². The molecule has 128 valence electrons. The van der Waals surface area contributed by atoms with Crippen LogP contribution in [-0.4, -0.2) is 7.05 Å². The first kappa shape index (κ1) is 17.3. The standard InChI is InChI=1S/C19H19BrF3N/c1-18(2)11-17(12-5-4-6-14(20)9-12)24(3)16-8-7-13(10-15(16)18)19(21,22)23/h4-10,17H,11H2,1-3H3. The van der Waals surface area contributed by atoms with Crippen molar-refractivity contribution in [3.63, 3.8) is 0 Å². The molecule has 24 heavy (non-hydrogen) atoms. The van der Waals surface area contributed by atoms with E-state index in [1.807, 2.05) is 33.0 Å². The minimum atomic E-state index is -4.31. The van der Waals surface area contributed by atoms with Crippen LogP contribution in [0.15, 0.2) is 46.9 Å². The molecular formula is C19H19BrF3N. The van der Waals surface area contributed by atoms with Crippen LogP contribution in [-0.2, 0) is 11.6 Å². The van der Waals surface area contributed by atoms with Crippen molar-refractivity contribution >= 4 is 21.6 Å². The molecule has 0 fully saturated rings. The summed E-state index contributed by atoms with van der Waals surface area (Å²) in [6.45, 7) is 4.04. The zero-order chi connectivity index (χ0) is 17.7. The SMILES string of the molecule is CN1c2ccc(C(F)(F)F)cc2C(C)(C)CC1c1cccc(Br)c1. The zero-order valence-corrected chi connectivity index (χ0v) is 15.4. The third kappa shape index (κ3) is 3.06. The summed E-state index contributed by atoms with van der Waals surface area (Å²) < 4.78 is 40.2. The van der Waals surface area contributed by atoms with Crippen LogP contribution >= 0.6 is 15.9 Å². The molecule has 0 radical (unpaired) electrons. The minimum absolute atomic E-state index is 0.127. The van der Waals surface area contributed by atoms with Crippen molar-refractivity contribution in [2.45, 2.75) is 37.9 Å². The highest BCUT2D eigenvalue weighted by molar-refractivity contribution is 9.10. The van der Waals surface area contributed by atoms with Crippen LogP contribution < -0.4 is 4.90 Å². The van der Waals surface area contributed by atoms with Gasteiger partial charge in [-0.2, -0.15) is 13.2 Å². The largest absolute Gasteiger partial charge is 0.416 e. The van der Waals surface area contributed by atoms with Gasteiger partial charge in [-0.15, -0.1) is 0 Å². The van der Waals surface area contributed by atoms with E-state index in [0.717, 1.165) is 27.7 Å². The van der Waals surface area contributed by atoms with Crippen molar-refractivity contribution in [2.75, 3.05) is 11.9 Å². The summed E-state index contributed by atoms with van der Waals surface area (Å²) in [6.07, 6.45) is -3.56. The average molecular weight is 398 g/mol. The molecule has 1 nitrogen and oxygen atoms in total. The highest BCUT2D eigenvalue weighted by Crippen LogP contribution is 2.48. The molecule has 1 heterocycles. The van der Waals surface area contributed by atoms with Crippen molar-refractivity contribution in [2.24, 2.45) is 0 Å². The molecule has 0 aliphatic carbocycles. The molecule has 1 unspecified atom stereocenters. The van der Waals surface area contributed by atoms with E-state index < -0.39 is 11.7 Å². The first-order valence-corrected chi connectivity index (χ1v) is 8.59. The molecule has 2 aromatic carbocycles. The number of anilines is 1. The molecule has 2 aromatic rings. The molecule has 0 N–H and O–H groups in total. The molecule has 0 aromatic heterocycles. The fourth-order valence-electron chi connectivity index (χ4n) is 3.52. The van der Waals surface area contributed by atoms with Crippen LogP contribution in [0.3, 0.4) is 0 Å². The second-order valence-corrected chi connectivity index (χ2v) is 7.92. The molecule has 1 aliphatic rings. The van der Waals surface area contributed by atoms with Crippen LogP contribution in [0.1, 0.15) is 43.0 Å². The molecule has 0 saturated heterocycles. The van der Waals surface area contributed by atoms with Gasteiger partial charge in [-0.05, 0) is 53.3 Å². The van der Waals surface area contributed by atoms with Gasteiger partial charge in [-0.1, -0.05) is 41.9 Å². The summed E-state index contributed by atoms with van der Waals surface area (Å²) >= 11 is 3.50. The molecule has 0 bridgehead atoms. The maximum atomic E-state index is 13.1. The molecule has 0 saturated carbocycles. The summed E-state index contributed by atoms with van der Waals surface area (Å²) in [5.74, 6) is 0. The average Bonchev–Trinajstić information content (AvgIpc) is 2.49. The second kappa shape index (κ2) is 5.80. The summed E-state index contributed by atoms with van der Waals surface area (Å²) in [7, 11) is 1.95. The zero-order valence-electron chi connectivity index (χ0n) is 13.8. The van der Waals surface area contributed by atoms with Gasteiger partial charge in [-0.25, -0.2) is 0 Å². The Bertz CT molecular complexity index is 767. The predicted molar refractivity (Wildman–Crippen MR) is 94.4 cm³/mol.